The molecule has 0 aromatic carbocycles. The third-order valence-corrected chi connectivity index (χ3v) is 3.76. The van der Waals surface area contributed by atoms with Crippen molar-refractivity contribution in [2.45, 2.75) is 57.9 Å². The van der Waals surface area contributed by atoms with E-state index in [1.165, 1.54) is 0 Å². The fraction of sp³-hybridized carbons (Fsp3) is 0.714. The molecule has 1 saturated heterocycles. The summed E-state index contributed by atoms with van der Waals surface area (Å²) < 4.78 is 5.00. The molecule has 1 N–H and O–H groups in total. The molecule has 1 fully saturated rings. The molecule has 0 unspecified atom stereocenters. The van der Waals surface area contributed by atoms with Gasteiger partial charge in [0.05, 0.1) is 0 Å². The Bertz CT molecular complexity index is 500. The van der Waals surface area contributed by atoms with Gasteiger partial charge in [0.2, 0.25) is 11.8 Å². The van der Waals surface area contributed by atoms with Crippen LogP contribution < -0.4 is 0 Å². The molecular weight excluding hydrogens is 274 g/mol. The summed E-state index contributed by atoms with van der Waals surface area (Å²) >= 11 is 0. The lowest BCUT2D eigenvalue weighted by Crippen LogP contribution is -2.44. The summed E-state index contributed by atoms with van der Waals surface area (Å²) in [5, 5.41) is 12.5. The maximum Gasteiger partial charge on any atom is 0.303 e. The van der Waals surface area contributed by atoms with Gasteiger partial charge < -0.3 is 14.5 Å². The number of aliphatic carboxylic acids is 1. The molecule has 1 aliphatic heterocycles. The van der Waals surface area contributed by atoms with E-state index in [1.807, 2.05) is 4.90 Å². The number of hydrogen-bond donors (Lipinski definition) is 1. The molecular formula is C14H21N3O4. The molecule has 7 nitrogen and oxygen atoms in total. The van der Waals surface area contributed by atoms with Crippen LogP contribution in [0.15, 0.2) is 4.52 Å². The molecule has 0 saturated carbocycles. The lowest BCUT2D eigenvalue weighted by molar-refractivity contribution is -0.140. The number of carboxylic acid groups (broad SMARTS) is 1. The van der Waals surface area contributed by atoms with Crippen LogP contribution in [0.5, 0.6) is 0 Å². The Morgan fingerprint density at radius 3 is 2.86 bits per heavy atom. The third-order valence-electron chi connectivity index (χ3n) is 3.76. The van der Waals surface area contributed by atoms with E-state index in [4.69, 9.17) is 9.63 Å². The standard InChI is InChI=1S/C14H21N3O4/c1-10-15-12(21-16-10)6-7-13(18)17-9-3-2-4-11(17)5-8-14(19)20/h11H,2-9H2,1H3,(H,19,20)/t11-/m1/s1. The highest BCUT2D eigenvalue weighted by atomic mass is 16.5. The topological polar surface area (TPSA) is 96.5 Å². The van der Waals surface area contributed by atoms with Crippen LogP contribution in [-0.2, 0) is 16.0 Å². The highest BCUT2D eigenvalue weighted by Crippen LogP contribution is 2.22. The lowest BCUT2D eigenvalue weighted by Gasteiger charge is -2.35. The predicted molar refractivity (Wildman–Crippen MR) is 73.6 cm³/mol. The van der Waals surface area contributed by atoms with Gasteiger partial charge in [-0.1, -0.05) is 5.16 Å². The Hall–Kier alpha value is -1.92. The number of carbonyl (C=O) groups excluding carboxylic acids is 1. The second-order valence-corrected chi connectivity index (χ2v) is 5.40. The van der Waals surface area contributed by atoms with Crippen molar-refractivity contribution in [2.75, 3.05) is 6.54 Å². The van der Waals surface area contributed by atoms with E-state index in [2.05, 4.69) is 10.1 Å². The van der Waals surface area contributed by atoms with Gasteiger partial charge in [-0.25, -0.2) is 0 Å². The van der Waals surface area contributed by atoms with Gasteiger partial charge >= 0.3 is 5.97 Å². The number of rotatable bonds is 6. The van der Waals surface area contributed by atoms with Gasteiger partial charge in [0.15, 0.2) is 5.82 Å². The van der Waals surface area contributed by atoms with Crippen LogP contribution in [0.1, 0.15) is 50.2 Å². The first-order chi connectivity index (χ1) is 10.1. The van der Waals surface area contributed by atoms with Gasteiger partial charge in [0.25, 0.3) is 0 Å². The van der Waals surface area contributed by atoms with Gasteiger partial charge in [-0.05, 0) is 32.6 Å². The minimum absolute atomic E-state index is 0.0425. The van der Waals surface area contributed by atoms with E-state index >= 15 is 0 Å². The molecule has 2 heterocycles. The number of nitrogens with zero attached hydrogens (tertiary/aromatic N) is 3. The molecule has 0 radical (unpaired) electrons. The Morgan fingerprint density at radius 1 is 1.38 bits per heavy atom. The summed E-state index contributed by atoms with van der Waals surface area (Å²) in [6, 6.07) is 0.0479. The number of aromatic nitrogens is 2. The van der Waals surface area contributed by atoms with Crippen molar-refractivity contribution in [3.05, 3.63) is 11.7 Å². The summed E-state index contributed by atoms with van der Waals surface area (Å²) in [4.78, 5) is 28.9. The molecule has 1 aromatic heterocycles. The molecule has 2 rings (SSSR count). The van der Waals surface area contributed by atoms with Crippen molar-refractivity contribution in [3.63, 3.8) is 0 Å². The zero-order valence-electron chi connectivity index (χ0n) is 12.2. The van der Waals surface area contributed by atoms with E-state index in [0.29, 0.717) is 37.5 Å². The van der Waals surface area contributed by atoms with Crippen LogP contribution in [0.25, 0.3) is 0 Å². The first-order valence-electron chi connectivity index (χ1n) is 7.36. The summed E-state index contributed by atoms with van der Waals surface area (Å²) in [6.07, 6.45) is 4.32. The van der Waals surface area contributed by atoms with Gasteiger partial charge in [-0.2, -0.15) is 4.98 Å². The Kier molecular flexibility index (Phi) is 5.30. The molecule has 7 heteroatoms. The summed E-state index contributed by atoms with van der Waals surface area (Å²) in [6.45, 7) is 2.45. The molecule has 1 atom stereocenters. The van der Waals surface area contributed by atoms with Crippen LogP contribution in [0, 0.1) is 6.92 Å². The number of likely N-dealkylation sites (tertiary alicyclic amines) is 1. The van der Waals surface area contributed by atoms with Crippen LogP contribution in [0.2, 0.25) is 0 Å². The normalized spacial score (nSPS) is 18.7. The molecule has 1 amide bonds. The summed E-state index contributed by atoms with van der Waals surface area (Å²) in [5.41, 5.74) is 0. The maximum absolute atomic E-state index is 12.3. The zero-order chi connectivity index (χ0) is 15.2. The Balaban J connectivity index is 1.87. The molecule has 0 spiro atoms. The molecule has 1 aromatic rings. The van der Waals surface area contributed by atoms with Crippen molar-refractivity contribution < 1.29 is 19.2 Å². The van der Waals surface area contributed by atoms with Crippen LogP contribution in [0.3, 0.4) is 0 Å². The Labute approximate surface area is 123 Å². The first kappa shape index (κ1) is 15.5. The average molecular weight is 295 g/mol. The quantitative estimate of drug-likeness (QED) is 0.855. The molecule has 116 valence electrons. The van der Waals surface area contributed by atoms with Crippen LogP contribution in [0.4, 0.5) is 0 Å². The number of carboxylic acids is 1. The second-order valence-electron chi connectivity index (χ2n) is 5.40. The fourth-order valence-corrected chi connectivity index (χ4v) is 2.72. The molecule has 21 heavy (non-hydrogen) atoms. The minimum atomic E-state index is -0.811. The van der Waals surface area contributed by atoms with Crippen LogP contribution in [-0.4, -0.2) is 44.6 Å². The predicted octanol–water partition coefficient (Wildman–Crippen LogP) is 1.56. The summed E-state index contributed by atoms with van der Waals surface area (Å²) in [5.74, 6) is 0.268. The smallest absolute Gasteiger partial charge is 0.303 e. The zero-order valence-corrected chi connectivity index (χ0v) is 12.2. The first-order valence-corrected chi connectivity index (χ1v) is 7.36. The number of carbonyl (C=O) groups is 2. The van der Waals surface area contributed by atoms with E-state index in [0.717, 1.165) is 19.3 Å². The van der Waals surface area contributed by atoms with Crippen molar-refractivity contribution >= 4 is 11.9 Å². The number of amides is 1. The van der Waals surface area contributed by atoms with E-state index < -0.39 is 5.97 Å². The Morgan fingerprint density at radius 2 is 2.19 bits per heavy atom. The number of aryl methyl sites for hydroxylation is 2. The average Bonchev–Trinajstić information content (AvgIpc) is 2.88. The van der Waals surface area contributed by atoms with E-state index in [9.17, 15) is 9.59 Å². The van der Waals surface area contributed by atoms with Gasteiger partial charge in [-0.3, -0.25) is 9.59 Å². The van der Waals surface area contributed by atoms with Gasteiger partial charge in [0, 0.05) is 31.8 Å². The highest BCUT2D eigenvalue weighted by molar-refractivity contribution is 5.77. The molecule has 0 aliphatic carbocycles. The maximum atomic E-state index is 12.3. The fourth-order valence-electron chi connectivity index (χ4n) is 2.72. The number of piperidine rings is 1. The van der Waals surface area contributed by atoms with Crippen molar-refractivity contribution in [3.8, 4) is 0 Å². The van der Waals surface area contributed by atoms with E-state index in [1.54, 1.807) is 6.92 Å². The van der Waals surface area contributed by atoms with Gasteiger partial charge in [-0.15, -0.1) is 0 Å². The highest BCUT2D eigenvalue weighted by Gasteiger charge is 2.26. The monoisotopic (exact) mass is 295 g/mol. The third kappa shape index (κ3) is 4.54. The minimum Gasteiger partial charge on any atom is -0.481 e. The van der Waals surface area contributed by atoms with Crippen molar-refractivity contribution in [1.29, 1.82) is 0 Å². The van der Waals surface area contributed by atoms with E-state index in [-0.39, 0.29) is 18.4 Å². The van der Waals surface area contributed by atoms with Crippen molar-refractivity contribution in [2.24, 2.45) is 0 Å². The molecule has 0 bridgehead atoms. The van der Waals surface area contributed by atoms with Gasteiger partial charge in [0.1, 0.15) is 0 Å². The van der Waals surface area contributed by atoms with Crippen LogP contribution >= 0.6 is 0 Å². The number of hydrogen-bond acceptors (Lipinski definition) is 5. The summed E-state index contributed by atoms with van der Waals surface area (Å²) in [7, 11) is 0. The lowest BCUT2D eigenvalue weighted by atomic mass is 9.97. The van der Waals surface area contributed by atoms with Crippen molar-refractivity contribution in [1.82, 2.24) is 15.0 Å². The SMILES string of the molecule is Cc1noc(CCC(=O)N2CCCC[C@@H]2CCC(=O)O)n1. The molecule has 1 aliphatic rings. The second kappa shape index (κ2) is 7.19. The largest absolute Gasteiger partial charge is 0.481 e.